The Balaban J connectivity index is 1.44. The van der Waals surface area contributed by atoms with Crippen molar-refractivity contribution in [2.75, 3.05) is 13.1 Å². The summed E-state index contributed by atoms with van der Waals surface area (Å²) in [6.07, 6.45) is 1.90. The predicted molar refractivity (Wildman–Crippen MR) is 81.6 cm³/mol. The summed E-state index contributed by atoms with van der Waals surface area (Å²) in [6, 6.07) is 4.65. The van der Waals surface area contributed by atoms with E-state index in [1.54, 1.807) is 6.07 Å². The van der Waals surface area contributed by atoms with Crippen LogP contribution >= 0.6 is 0 Å². The Hall–Kier alpha value is -1.43. The molecule has 1 saturated heterocycles. The van der Waals surface area contributed by atoms with Gasteiger partial charge in [0.2, 0.25) is 0 Å². The van der Waals surface area contributed by atoms with Gasteiger partial charge in [-0.1, -0.05) is 6.07 Å². The number of benzene rings is 1. The summed E-state index contributed by atoms with van der Waals surface area (Å²) in [5.74, 6) is 0.537. The summed E-state index contributed by atoms with van der Waals surface area (Å²) in [7, 11) is 0. The van der Waals surface area contributed by atoms with E-state index in [-0.39, 0.29) is 5.97 Å². The van der Waals surface area contributed by atoms with E-state index in [1.165, 1.54) is 12.8 Å². The van der Waals surface area contributed by atoms with Gasteiger partial charge in [0, 0.05) is 24.2 Å². The topological polar surface area (TPSA) is 70.6 Å². The Morgan fingerprint density at radius 1 is 1.45 bits per heavy atom. The fourth-order valence-electron chi connectivity index (χ4n) is 4.18. The first-order chi connectivity index (χ1) is 10.6. The van der Waals surface area contributed by atoms with Crippen LogP contribution in [0.1, 0.15) is 46.0 Å². The molecule has 4 atom stereocenters. The van der Waals surface area contributed by atoms with Crippen molar-refractivity contribution in [1.82, 2.24) is 10.6 Å². The highest BCUT2D eigenvalue weighted by Gasteiger charge is 2.39. The number of nitrogens with one attached hydrogen (secondary N) is 2. The van der Waals surface area contributed by atoms with Crippen LogP contribution in [-0.4, -0.2) is 36.2 Å². The first kappa shape index (κ1) is 14.2. The summed E-state index contributed by atoms with van der Waals surface area (Å²) in [5, 5.41) is 17.5. The van der Waals surface area contributed by atoms with Gasteiger partial charge >= 0.3 is 5.97 Å². The van der Waals surface area contributed by atoms with E-state index in [2.05, 4.69) is 10.6 Å². The standard InChI is InChI=1S/C17H22N2O3/c1-9-11(2-3-12-13(9)8-22-17(12)21)16(20)7-19-15-5-10-4-14(15)18-6-10/h2-3,10,14-16,18-20H,4-8H2,1H3/t10?,14?,15-,16-/m0/s1. The molecule has 1 aromatic carbocycles. The second-order valence-electron chi connectivity index (χ2n) is 6.76. The van der Waals surface area contributed by atoms with Crippen LogP contribution in [0.15, 0.2) is 12.1 Å². The summed E-state index contributed by atoms with van der Waals surface area (Å²) in [5.41, 5.74) is 3.42. The van der Waals surface area contributed by atoms with Crippen LogP contribution in [0.25, 0.3) is 0 Å². The first-order valence-electron chi connectivity index (χ1n) is 8.08. The Labute approximate surface area is 130 Å². The van der Waals surface area contributed by atoms with E-state index in [4.69, 9.17) is 4.74 Å². The number of fused-ring (bicyclic) bond motifs is 3. The minimum atomic E-state index is -0.555. The van der Waals surface area contributed by atoms with Gasteiger partial charge in [-0.25, -0.2) is 4.79 Å². The molecule has 2 heterocycles. The first-order valence-corrected chi connectivity index (χ1v) is 8.08. The maximum atomic E-state index is 11.6. The number of hydrogen-bond donors (Lipinski definition) is 3. The average molecular weight is 302 g/mol. The SMILES string of the molecule is Cc1c([C@@H](O)CN[C@H]2CC3CNC2C3)ccc2c1COC2=O. The molecule has 3 N–H and O–H groups in total. The van der Waals surface area contributed by atoms with Gasteiger partial charge < -0.3 is 20.5 Å². The molecule has 0 aromatic heterocycles. The molecule has 2 fully saturated rings. The lowest BCUT2D eigenvalue weighted by Crippen LogP contribution is -2.46. The third kappa shape index (κ3) is 2.24. The second-order valence-corrected chi connectivity index (χ2v) is 6.76. The molecule has 0 amide bonds. The molecular weight excluding hydrogens is 280 g/mol. The van der Waals surface area contributed by atoms with Crippen molar-refractivity contribution in [3.8, 4) is 0 Å². The number of piperidine rings is 1. The van der Waals surface area contributed by atoms with Crippen LogP contribution in [0.3, 0.4) is 0 Å². The molecule has 2 aliphatic heterocycles. The molecule has 5 nitrogen and oxygen atoms in total. The van der Waals surface area contributed by atoms with Crippen molar-refractivity contribution in [3.05, 3.63) is 34.4 Å². The lowest BCUT2D eigenvalue weighted by Gasteiger charge is -2.26. The quantitative estimate of drug-likeness (QED) is 0.725. The van der Waals surface area contributed by atoms with Crippen molar-refractivity contribution < 1.29 is 14.6 Å². The van der Waals surface area contributed by atoms with E-state index in [0.717, 1.165) is 29.2 Å². The number of cyclic esters (lactones) is 1. The van der Waals surface area contributed by atoms with Crippen LogP contribution in [0.2, 0.25) is 0 Å². The Morgan fingerprint density at radius 2 is 2.32 bits per heavy atom. The van der Waals surface area contributed by atoms with Crippen molar-refractivity contribution in [3.63, 3.8) is 0 Å². The van der Waals surface area contributed by atoms with Crippen LogP contribution in [0.5, 0.6) is 0 Å². The molecule has 1 aliphatic carbocycles. The zero-order valence-corrected chi connectivity index (χ0v) is 12.8. The van der Waals surface area contributed by atoms with Gasteiger partial charge in [-0.15, -0.1) is 0 Å². The smallest absolute Gasteiger partial charge is 0.338 e. The number of rotatable bonds is 4. The average Bonchev–Trinajstić information content (AvgIpc) is 3.21. The summed E-state index contributed by atoms with van der Waals surface area (Å²) < 4.78 is 5.07. The number of carbonyl (C=O) groups is 1. The van der Waals surface area contributed by atoms with Gasteiger partial charge in [0.05, 0.1) is 11.7 Å². The van der Waals surface area contributed by atoms with Gasteiger partial charge in [0.15, 0.2) is 0 Å². The van der Waals surface area contributed by atoms with Crippen LogP contribution in [0, 0.1) is 12.8 Å². The largest absolute Gasteiger partial charge is 0.457 e. The molecule has 118 valence electrons. The molecule has 1 saturated carbocycles. The summed E-state index contributed by atoms with van der Waals surface area (Å²) in [6.45, 7) is 3.97. The molecule has 4 rings (SSSR count). The van der Waals surface area contributed by atoms with Gasteiger partial charge in [-0.2, -0.15) is 0 Å². The van der Waals surface area contributed by atoms with Crippen molar-refractivity contribution in [1.29, 1.82) is 0 Å². The normalized spacial score (nSPS) is 30.5. The number of ether oxygens (including phenoxy) is 1. The summed E-state index contributed by atoms with van der Waals surface area (Å²) in [4.78, 5) is 11.6. The van der Waals surface area contributed by atoms with Crippen molar-refractivity contribution in [2.24, 2.45) is 5.92 Å². The zero-order chi connectivity index (χ0) is 15.3. The van der Waals surface area contributed by atoms with Gasteiger partial charge in [0.25, 0.3) is 0 Å². The Morgan fingerprint density at radius 3 is 3.05 bits per heavy atom. The Kier molecular flexibility index (Phi) is 3.44. The molecule has 2 unspecified atom stereocenters. The summed E-state index contributed by atoms with van der Waals surface area (Å²) >= 11 is 0. The molecular formula is C17H22N2O3. The Bertz CT molecular complexity index is 616. The molecule has 2 bridgehead atoms. The van der Waals surface area contributed by atoms with Crippen LogP contribution in [0.4, 0.5) is 0 Å². The number of hydrogen-bond acceptors (Lipinski definition) is 5. The second kappa shape index (κ2) is 5.33. The minimum absolute atomic E-state index is 0.259. The maximum absolute atomic E-state index is 11.6. The third-order valence-electron chi connectivity index (χ3n) is 5.47. The lowest BCUT2D eigenvalue weighted by molar-refractivity contribution is 0.0535. The molecule has 0 radical (unpaired) electrons. The van der Waals surface area contributed by atoms with Crippen molar-refractivity contribution >= 4 is 5.97 Å². The number of aliphatic hydroxyl groups is 1. The van der Waals surface area contributed by atoms with Crippen molar-refractivity contribution in [2.45, 2.75) is 44.6 Å². The number of esters is 1. The van der Waals surface area contributed by atoms with Gasteiger partial charge in [-0.3, -0.25) is 0 Å². The van der Waals surface area contributed by atoms with E-state index < -0.39 is 6.10 Å². The number of aliphatic hydroxyl groups excluding tert-OH is 1. The third-order valence-corrected chi connectivity index (χ3v) is 5.47. The highest BCUT2D eigenvalue weighted by atomic mass is 16.5. The monoisotopic (exact) mass is 302 g/mol. The van der Waals surface area contributed by atoms with Gasteiger partial charge in [0.1, 0.15) is 6.61 Å². The van der Waals surface area contributed by atoms with E-state index in [9.17, 15) is 9.90 Å². The molecule has 3 aliphatic rings. The highest BCUT2D eigenvalue weighted by Crippen LogP contribution is 2.32. The van der Waals surface area contributed by atoms with E-state index in [0.29, 0.717) is 30.8 Å². The highest BCUT2D eigenvalue weighted by molar-refractivity contribution is 5.93. The van der Waals surface area contributed by atoms with Crippen LogP contribution in [-0.2, 0) is 11.3 Å². The fraction of sp³-hybridized carbons (Fsp3) is 0.588. The molecule has 1 aromatic rings. The lowest BCUT2D eigenvalue weighted by atomic mass is 9.95. The molecule has 5 heteroatoms. The molecule has 22 heavy (non-hydrogen) atoms. The number of carbonyl (C=O) groups excluding carboxylic acids is 1. The van der Waals surface area contributed by atoms with Gasteiger partial charge in [-0.05, 0) is 49.4 Å². The van der Waals surface area contributed by atoms with E-state index >= 15 is 0 Å². The van der Waals surface area contributed by atoms with Crippen LogP contribution < -0.4 is 10.6 Å². The maximum Gasteiger partial charge on any atom is 0.338 e. The van der Waals surface area contributed by atoms with E-state index in [1.807, 2.05) is 13.0 Å². The minimum Gasteiger partial charge on any atom is -0.457 e. The zero-order valence-electron chi connectivity index (χ0n) is 12.8. The molecule has 0 spiro atoms. The predicted octanol–water partition coefficient (Wildman–Crippen LogP) is 1.04. The fourth-order valence-corrected chi connectivity index (χ4v) is 4.18.